The second-order valence-electron chi connectivity index (χ2n) is 4.41. The fourth-order valence-corrected chi connectivity index (χ4v) is 1.82. The van der Waals surface area contributed by atoms with Crippen molar-refractivity contribution in [1.82, 2.24) is 5.32 Å². The maximum atomic E-state index is 13.6. The van der Waals surface area contributed by atoms with Crippen LogP contribution in [0.2, 0.25) is 0 Å². The summed E-state index contributed by atoms with van der Waals surface area (Å²) in [4.78, 5) is 0. The molecule has 0 saturated carbocycles. The van der Waals surface area contributed by atoms with Gasteiger partial charge in [-0.05, 0) is 37.1 Å². The van der Waals surface area contributed by atoms with Crippen molar-refractivity contribution in [2.24, 2.45) is 5.92 Å². The number of hydrogen-bond donors (Lipinski definition) is 1. The topological polar surface area (TPSA) is 12.0 Å². The van der Waals surface area contributed by atoms with Gasteiger partial charge in [0.15, 0.2) is 0 Å². The Bertz CT molecular complexity index is 337. The zero-order valence-corrected chi connectivity index (χ0v) is 10.1. The monoisotopic (exact) mass is 227 g/mol. The highest BCUT2D eigenvalue weighted by Gasteiger charge is 2.16. The molecule has 0 spiro atoms. The van der Waals surface area contributed by atoms with Crippen LogP contribution in [0.4, 0.5) is 8.78 Å². The van der Waals surface area contributed by atoms with Crippen molar-refractivity contribution >= 4 is 0 Å². The molecule has 0 bridgehead atoms. The number of nitrogens with one attached hydrogen (secondary N) is 1. The van der Waals surface area contributed by atoms with E-state index < -0.39 is 0 Å². The molecule has 1 N–H and O–H groups in total. The van der Waals surface area contributed by atoms with E-state index in [1.165, 1.54) is 12.1 Å². The summed E-state index contributed by atoms with van der Waals surface area (Å²) in [6, 6.07) is 3.51. The Balaban J connectivity index is 2.94. The Kier molecular flexibility index (Phi) is 4.87. The van der Waals surface area contributed by atoms with E-state index in [4.69, 9.17) is 0 Å². The lowest BCUT2D eigenvalue weighted by Gasteiger charge is -2.21. The lowest BCUT2D eigenvalue weighted by molar-refractivity contribution is 0.421. The summed E-state index contributed by atoms with van der Waals surface area (Å²) in [6.45, 7) is 6.85. The van der Waals surface area contributed by atoms with Crippen LogP contribution in [0.25, 0.3) is 0 Å². The lowest BCUT2D eigenvalue weighted by Crippen LogP contribution is -2.23. The molecule has 0 aliphatic rings. The van der Waals surface area contributed by atoms with Gasteiger partial charge < -0.3 is 5.32 Å². The quantitative estimate of drug-likeness (QED) is 0.809. The fraction of sp³-hybridized carbons (Fsp3) is 0.538. The Hall–Kier alpha value is -0.960. The van der Waals surface area contributed by atoms with Crippen molar-refractivity contribution < 1.29 is 8.78 Å². The molecular formula is C13H19F2N. The SMILES string of the molecule is CCNC(CC(C)C)c1cc(F)ccc1F. The molecule has 0 aliphatic heterocycles. The summed E-state index contributed by atoms with van der Waals surface area (Å²) >= 11 is 0. The molecule has 0 heterocycles. The normalized spacial score (nSPS) is 13.1. The minimum Gasteiger partial charge on any atom is -0.310 e. The Morgan fingerprint density at radius 3 is 2.50 bits per heavy atom. The van der Waals surface area contributed by atoms with Crippen molar-refractivity contribution in [3.63, 3.8) is 0 Å². The maximum absolute atomic E-state index is 13.6. The van der Waals surface area contributed by atoms with E-state index in [1.807, 2.05) is 6.92 Å². The minimum absolute atomic E-state index is 0.110. The van der Waals surface area contributed by atoms with Crippen molar-refractivity contribution in [3.05, 3.63) is 35.4 Å². The molecule has 1 aromatic carbocycles. The molecule has 0 radical (unpaired) electrons. The predicted molar refractivity (Wildman–Crippen MR) is 62.2 cm³/mol. The van der Waals surface area contributed by atoms with Gasteiger partial charge in [0.1, 0.15) is 11.6 Å². The molecule has 16 heavy (non-hydrogen) atoms. The summed E-state index contributed by atoms with van der Waals surface area (Å²) in [6.07, 6.45) is 0.800. The molecular weight excluding hydrogens is 208 g/mol. The van der Waals surface area contributed by atoms with Crippen LogP contribution in [-0.2, 0) is 0 Å². The number of rotatable bonds is 5. The van der Waals surface area contributed by atoms with Crippen LogP contribution >= 0.6 is 0 Å². The highest BCUT2D eigenvalue weighted by atomic mass is 19.1. The number of halogens is 2. The molecule has 1 rings (SSSR count). The van der Waals surface area contributed by atoms with Gasteiger partial charge in [-0.2, -0.15) is 0 Å². The third kappa shape index (κ3) is 3.56. The van der Waals surface area contributed by atoms with Crippen LogP contribution in [0.5, 0.6) is 0 Å². The van der Waals surface area contributed by atoms with Crippen molar-refractivity contribution in [2.75, 3.05) is 6.54 Å². The van der Waals surface area contributed by atoms with Crippen LogP contribution in [0.1, 0.15) is 38.8 Å². The molecule has 1 aromatic rings. The summed E-state index contributed by atoms with van der Waals surface area (Å²) in [5.41, 5.74) is 0.426. The van der Waals surface area contributed by atoms with E-state index in [1.54, 1.807) is 0 Å². The first-order valence-electron chi connectivity index (χ1n) is 5.73. The molecule has 0 saturated heterocycles. The summed E-state index contributed by atoms with van der Waals surface area (Å²) in [5.74, 6) is -0.289. The standard InChI is InChI=1S/C13H19F2N/c1-4-16-13(7-9(2)3)11-8-10(14)5-6-12(11)15/h5-6,8-9,13,16H,4,7H2,1-3H3. The summed E-state index contributed by atoms with van der Waals surface area (Å²) < 4.78 is 26.7. The third-order valence-electron chi connectivity index (χ3n) is 2.49. The zero-order valence-electron chi connectivity index (χ0n) is 10.1. The minimum atomic E-state index is -0.386. The highest BCUT2D eigenvalue weighted by molar-refractivity contribution is 5.22. The number of hydrogen-bond acceptors (Lipinski definition) is 1. The van der Waals surface area contributed by atoms with Crippen LogP contribution in [0.15, 0.2) is 18.2 Å². The second-order valence-corrected chi connectivity index (χ2v) is 4.41. The van der Waals surface area contributed by atoms with Gasteiger partial charge in [-0.15, -0.1) is 0 Å². The van der Waals surface area contributed by atoms with Crippen LogP contribution in [0.3, 0.4) is 0 Å². The van der Waals surface area contributed by atoms with Crippen molar-refractivity contribution in [1.29, 1.82) is 0 Å². The fourth-order valence-electron chi connectivity index (χ4n) is 1.82. The smallest absolute Gasteiger partial charge is 0.128 e. The molecule has 3 heteroatoms. The summed E-state index contributed by atoms with van der Waals surface area (Å²) in [5, 5.41) is 3.19. The first-order chi connectivity index (χ1) is 7.54. The lowest BCUT2D eigenvalue weighted by atomic mass is 9.96. The van der Waals surface area contributed by atoms with Gasteiger partial charge in [-0.25, -0.2) is 8.78 Å². The van der Waals surface area contributed by atoms with Crippen LogP contribution in [0, 0.1) is 17.6 Å². The zero-order chi connectivity index (χ0) is 12.1. The predicted octanol–water partition coefficient (Wildman–Crippen LogP) is 3.66. The van der Waals surface area contributed by atoms with Gasteiger partial charge in [-0.3, -0.25) is 0 Å². The average Bonchev–Trinajstić information content (AvgIpc) is 2.20. The molecule has 1 unspecified atom stereocenters. The first-order valence-corrected chi connectivity index (χ1v) is 5.73. The van der Waals surface area contributed by atoms with Gasteiger partial charge in [0, 0.05) is 11.6 Å². The van der Waals surface area contributed by atoms with E-state index in [0.717, 1.165) is 19.0 Å². The van der Waals surface area contributed by atoms with Crippen molar-refractivity contribution in [3.8, 4) is 0 Å². The van der Waals surface area contributed by atoms with E-state index >= 15 is 0 Å². The van der Waals surface area contributed by atoms with Crippen LogP contribution < -0.4 is 5.32 Å². The Morgan fingerprint density at radius 2 is 1.94 bits per heavy atom. The largest absolute Gasteiger partial charge is 0.310 e. The summed E-state index contributed by atoms with van der Waals surface area (Å²) in [7, 11) is 0. The van der Waals surface area contributed by atoms with Gasteiger partial charge >= 0.3 is 0 Å². The average molecular weight is 227 g/mol. The maximum Gasteiger partial charge on any atom is 0.128 e. The van der Waals surface area contributed by atoms with E-state index in [9.17, 15) is 8.78 Å². The number of benzene rings is 1. The second kappa shape index (κ2) is 5.94. The van der Waals surface area contributed by atoms with Gasteiger partial charge in [-0.1, -0.05) is 20.8 Å². The molecule has 1 nitrogen and oxygen atoms in total. The van der Waals surface area contributed by atoms with Crippen molar-refractivity contribution in [2.45, 2.75) is 33.2 Å². The molecule has 0 aromatic heterocycles. The van der Waals surface area contributed by atoms with E-state index in [-0.39, 0.29) is 17.7 Å². The molecule has 0 amide bonds. The first kappa shape index (κ1) is 13.1. The molecule has 1 atom stereocenters. The molecule has 0 fully saturated rings. The third-order valence-corrected chi connectivity index (χ3v) is 2.49. The van der Waals surface area contributed by atoms with E-state index in [0.29, 0.717) is 11.5 Å². The Labute approximate surface area is 95.9 Å². The van der Waals surface area contributed by atoms with Gasteiger partial charge in [0.2, 0.25) is 0 Å². The van der Waals surface area contributed by atoms with E-state index in [2.05, 4.69) is 19.2 Å². The van der Waals surface area contributed by atoms with Gasteiger partial charge in [0.25, 0.3) is 0 Å². The molecule has 0 aliphatic carbocycles. The highest BCUT2D eigenvalue weighted by Crippen LogP contribution is 2.24. The van der Waals surface area contributed by atoms with Gasteiger partial charge in [0.05, 0.1) is 0 Å². The van der Waals surface area contributed by atoms with Crippen LogP contribution in [-0.4, -0.2) is 6.54 Å². The molecule has 90 valence electrons. The Morgan fingerprint density at radius 1 is 1.25 bits per heavy atom.